The van der Waals surface area contributed by atoms with Crippen LogP contribution < -0.4 is 5.32 Å². The summed E-state index contributed by atoms with van der Waals surface area (Å²) in [6.45, 7) is 0.800. The second-order valence-corrected chi connectivity index (χ2v) is 5.75. The highest BCUT2D eigenvalue weighted by Gasteiger charge is 2.29. The van der Waals surface area contributed by atoms with E-state index in [1.54, 1.807) is 6.20 Å². The van der Waals surface area contributed by atoms with Gasteiger partial charge in [0, 0.05) is 28.8 Å². The van der Waals surface area contributed by atoms with Crippen LogP contribution in [0, 0.1) is 5.92 Å². The molecule has 1 aromatic carbocycles. The van der Waals surface area contributed by atoms with Gasteiger partial charge in [0.25, 0.3) is 0 Å². The minimum atomic E-state index is 0.223. The first-order valence-electron chi connectivity index (χ1n) is 6.16. The molecule has 1 atom stereocenters. The van der Waals surface area contributed by atoms with Crippen LogP contribution >= 0.6 is 23.2 Å². The van der Waals surface area contributed by atoms with Crippen LogP contribution in [0.25, 0.3) is 10.9 Å². The number of nitrogens with one attached hydrogen (secondary N) is 1. The van der Waals surface area contributed by atoms with Crippen LogP contribution in [0.2, 0.25) is 5.02 Å². The summed E-state index contributed by atoms with van der Waals surface area (Å²) in [7, 11) is 0. The minimum absolute atomic E-state index is 0.223. The lowest BCUT2D eigenvalue weighted by Gasteiger charge is -2.12. The molecule has 3 rings (SSSR count). The minimum Gasteiger partial charge on any atom is -0.383 e. The molecule has 1 heterocycles. The summed E-state index contributed by atoms with van der Waals surface area (Å²) >= 11 is 12.3. The summed E-state index contributed by atoms with van der Waals surface area (Å²) in [6.07, 6.45) is 4.33. The highest BCUT2D eigenvalue weighted by atomic mass is 35.5. The number of hydrogen-bond acceptors (Lipinski definition) is 2. The molecule has 0 amide bonds. The van der Waals surface area contributed by atoms with Gasteiger partial charge in [-0.05, 0) is 43.0 Å². The van der Waals surface area contributed by atoms with E-state index < -0.39 is 0 Å². The van der Waals surface area contributed by atoms with E-state index in [0.29, 0.717) is 10.9 Å². The zero-order valence-electron chi connectivity index (χ0n) is 9.87. The molecule has 18 heavy (non-hydrogen) atoms. The number of pyridine rings is 1. The van der Waals surface area contributed by atoms with E-state index >= 15 is 0 Å². The number of anilines is 1. The fourth-order valence-corrected chi connectivity index (χ4v) is 2.60. The Hall–Kier alpha value is -0.990. The molecule has 4 heteroatoms. The first-order chi connectivity index (χ1) is 8.74. The van der Waals surface area contributed by atoms with Gasteiger partial charge >= 0.3 is 0 Å². The number of alkyl halides is 1. The Morgan fingerprint density at radius 1 is 1.33 bits per heavy atom. The van der Waals surface area contributed by atoms with Crippen molar-refractivity contribution in [1.29, 1.82) is 0 Å². The number of aromatic nitrogens is 1. The zero-order chi connectivity index (χ0) is 12.5. The van der Waals surface area contributed by atoms with Gasteiger partial charge < -0.3 is 5.32 Å². The predicted octanol–water partition coefficient (Wildman–Crippen LogP) is 4.32. The summed E-state index contributed by atoms with van der Waals surface area (Å²) < 4.78 is 0. The van der Waals surface area contributed by atoms with Crippen LogP contribution in [0.1, 0.15) is 12.8 Å². The quantitative estimate of drug-likeness (QED) is 0.844. The standard InChI is InChI=1S/C14H14Cl2N2/c15-10-3-4-11-13(5-6-17-14(11)7-10)18-8-12(16)9-1-2-9/h3-7,9,12H,1-2,8H2,(H,17,18). The van der Waals surface area contributed by atoms with E-state index in [-0.39, 0.29) is 5.38 Å². The number of hydrogen-bond donors (Lipinski definition) is 1. The van der Waals surface area contributed by atoms with Crippen molar-refractivity contribution in [1.82, 2.24) is 4.98 Å². The molecule has 0 radical (unpaired) electrons. The first kappa shape index (κ1) is 12.1. The SMILES string of the molecule is Clc1ccc2c(NCC(Cl)C3CC3)ccnc2c1. The number of fused-ring (bicyclic) bond motifs is 1. The summed E-state index contributed by atoms with van der Waals surface area (Å²) in [5.41, 5.74) is 1.98. The summed E-state index contributed by atoms with van der Waals surface area (Å²) in [5, 5.41) is 5.43. The smallest absolute Gasteiger partial charge is 0.0737 e. The van der Waals surface area contributed by atoms with Crippen molar-refractivity contribution in [2.24, 2.45) is 5.92 Å². The third kappa shape index (κ3) is 2.55. The van der Waals surface area contributed by atoms with E-state index in [1.165, 1.54) is 12.8 Å². The van der Waals surface area contributed by atoms with Crippen LogP contribution in [0.4, 0.5) is 5.69 Å². The number of nitrogens with zero attached hydrogens (tertiary/aromatic N) is 1. The van der Waals surface area contributed by atoms with Gasteiger partial charge in [0.15, 0.2) is 0 Å². The van der Waals surface area contributed by atoms with Crippen LogP contribution in [0.15, 0.2) is 30.5 Å². The molecule has 1 aromatic heterocycles. The van der Waals surface area contributed by atoms with Crippen molar-refractivity contribution in [3.63, 3.8) is 0 Å². The highest BCUT2D eigenvalue weighted by Crippen LogP contribution is 2.36. The lowest BCUT2D eigenvalue weighted by Crippen LogP contribution is -2.16. The third-order valence-electron chi connectivity index (χ3n) is 3.33. The van der Waals surface area contributed by atoms with Crippen molar-refractivity contribution in [2.45, 2.75) is 18.2 Å². The maximum absolute atomic E-state index is 6.31. The van der Waals surface area contributed by atoms with Crippen LogP contribution in [0.3, 0.4) is 0 Å². The molecule has 0 saturated heterocycles. The molecule has 0 spiro atoms. The summed E-state index contributed by atoms with van der Waals surface area (Å²) in [6, 6.07) is 7.73. The molecule has 1 fully saturated rings. The molecule has 1 unspecified atom stereocenters. The van der Waals surface area contributed by atoms with E-state index in [4.69, 9.17) is 23.2 Å². The molecule has 1 saturated carbocycles. The Morgan fingerprint density at radius 3 is 2.94 bits per heavy atom. The second kappa shape index (κ2) is 4.94. The van der Waals surface area contributed by atoms with Crippen LogP contribution in [0.5, 0.6) is 0 Å². The van der Waals surface area contributed by atoms with Gasteiger partial charge in [0.05, 0.1) is 10.9 Å². The number of rotatable bonds is 4. The largest absolute Gasteiger partial charge is 0.383 e. The maximum Gasteiger partial charge on any atom is 0.0737 e. The molecule has 94 valence electrons. The van der Waals surface area contributed by atoms with Gasteiger partial charge in [0.1, 0.15) is 0 Å². The predicted molar refractivity (Wildman–Crippen MR) is 77.6 cm³/mol. The Bertz CT molecular complexity index is 567. The molecule has 0 aliphatic heterocycles. The summed E-state index contributed by atoms with van der Waals surface area (Å²) in [5.74, 6) is 0.696. The van der Waals surface area contributed by atoms with Crippen molar-refractivity contribution < 1.29 is 0 Å². The van der Waals surface area contributed by atoms with Gasteiger partial charge in [0.2, 0.25) is 0 Å². The fraction of sp³-hybridized carbons (Fsp3) is 0.357. The molecular formula is C14H14Cl2N2. The molecule has 1 N–H and O–H groups in total. The van der Waals surface area contributed by atoms with E-state index in [9.17, 15) is 0 Å². The van der Waals surface area contributed by atoms with Crippen molar-refractivity contribution >= 4 is 39.8 Å². The lowest BCUT2D eigenvalue weighted by molar-refractivity contribution is 0.771. The zero-order valence-corrected chi connectivity index (χ0v) is 11.4. The van der Waals surface area contributed by atoms with E-state index in [2.05, 4.69) is 10.3 Å². The van der Waals surface area contributed by atoms with Crippen molar-refractivity contribution in [3.05, 3.63) is 35.5 Å². The normalized spacial score (nSPS) is 16.8. The van der Waals surface area contributed by atoms with Gasteiger partial charge in [-0.2, -0.15) is 0 Å². The Morgan fingerprint density at radius 2 is 2.17 bits per heavy atom. The van der Waals surface area contributed by atoms with Gasteiger partial charge in [-0.3, -0.25) is 4.98 Å². The summed E-state index contributed by atoms with van der Waals surface area (Å²) in [4.78, 5) is 4.32. The van der Waals surface area contributed by atoms with Crippen LogP contribution in [-0.4, -0.2) is 16.9 Å². The average molecular weight is 281 g/mol. The van der Waals surface area contributed by atoms with E-state index in [0.717, 1.165) is 23.1 Å². The molecular weight excluding hydrogens is 267 g/mol. The molecule has 2 nitrogen and oxygen atoms in total. The fourth-order valence-electron chi connectivity index (χ4n) is 2.11. The number of halogens is 2. The molecule has 2 aromatic rings. The Kier molecular flexibility index (Phi) is 3.31. The third-order valence-corrected chi connectivity index (χ3v) is 4.07. The Balaban J connectivity index is 1.82. The van der Waals surface area contributed by atoms with Gasteiger partial charge in [-0.25, -0.2) is 0 Å². The Labute approximate surface area is 116 Å². The molecule has 1 aliphatic rings. The monoisotopic (exact) mass is 280 g/mol. The average Bonchev–Trinajstić information content (AvgIpc) is 3.19. The van der Waals surface area contributed by atoms with Gasteiger partial charge in [-0.15, -0.1) is 11.6 Å². The highest BCUT2D eigenvalue weighted by molar-refractivity contribution is 6.31. The van der Waals surface area contributed by atoms with Gasteiger partial charge in [-0.1, -0.05) is 11.6 Å². The second-order valence-electron chi connectivity index (χ2n) is 4.75. The number of benzene rings is 1. The van der Waals surface area contributed by atoms with Crippen molar-refractivity contribution in [2.75, 3.05) is 11.9 Å². The van der Waals surface area contributed by atoms with Crippen LogP contribution in [-0.2, 0) is 0 Å². The van der Waals surface area contributed by atoms with E-state index in [1.807, 2.05) is 24.3 Å². The topological polar surface area (TPSA) is 24.9 Å². The molecule has 0 bridgehead atoms. The van der Waals surface area contributed by atoms with Crippen molar-refractivity contribution in [3.8, 4) is 0 Å². The molecule has 1 aliphatic carbocycles. The maximum atomic E-state index is 6.31. The lowest BCUT2D eigenvalue weighted by atomic mass is 10.2. The first-order valence-corrected chi connectivity index (χ1v) is 6.98.